The summed E-state index contributed by atoms with van der Waals surface area (Å²) in [6.45, 7) is 3.29. The Bertz CT molecular complexity index is 850. The number of nitrogens with zero attached hydrogens (tertiary/aromatic N) is 3. The molecule has 4 rings (SSSR count). The Morgan fingerprint density at radius 1 is 1.00 bits per heavy atom. The van der Waals surface area contributed by atoms with E-state index in [1.165, 1.54) is 19.3 Å². The minimum atomic E-state index is -0.303. The highest BCUT2D eigenvalue weighted by atomic mass is 16.2. The van der Waals surface area contributed by atoms with Gasteiger partial charge in [0, 0.05) is 32.6 Å². The molecule has 2 aliphatic heterocycles. The van der Waals surface area contributed by atoms with E-state index in [-0.39, 0.29) is 18.0 Å². The number of urea groups is 1. The first-order chi connectivity index (χ1) is 14.7. The standard InChI is InChI=1S/C23H29N5O2/c29-22-10-7-15-28(22)17-20(18-8-3-1-4-9-18)26-23(30)25-19-11-12-21(24-16-19)27-13-5-2-6-14-27/h1,3-4,8-9,11-12,16,20H,2,5-7,10,13-15,17H2,(H2,25,26,30)/t20-/m1/s1. The number of likely N-dealkylation sites (tertiary alicyclic amines) is 1. The number of benzene rings is 1. The van der Waals surface area contributed by atoms with Crippen molar-refractivity contribution < 1.29 is 9.59 Å². The number of carbonyl (C=O) groups is 2. The Kier molecular flexibility index (Phi) is 6.47. The molecule has 1 aromatic heterocycles. The van der Waals surface area contributed by atoms with Crippen molar-refractivity contribution in [1.29, 1.82) is 0 Å². The van der Waals surface area contributed by atoms with Crippen molar-refractivity contribution >= 4 is 23.4 Å². The zero-order valence-electron chi connectivity index (χ0n) is 17.2. The SMILES string of the molecule is O=C(Nc1ccc(N2CCCCC2)nc1)N[C@H](CN1CCCC1=O)c1ccccc1. The van der Waals surface area contributed by atoms with Gasteiger partial charge in [-0.05, 0) is 43.4 Å². The molecule has 0 spiro atoms. The van der Waals surface area contributed by atoms with Crippen LogP contribution < -0.4 is 15.5 Å². The molecule has 1 aromatic carbocycles. The van der Waals surface area contributed by atoms with E-state index < -0.39 is 0 Å². The minimum Gasteiger partial charge on any atom is -0.357 e. The van der Waals surface area contributed by atoms with E-state index in [4.69, 9.17) is 0 Å². The number of pyridine rings is 1. The normalized spacial score (nSPS) is 17.7. The third kappa shape index (κ3) is 5.09. The number of carbonyl (C=O) groups excluding carboxylic acids is 2. The summed E-state index contributed by atoms with van der Waals surface area (Å²) in [5.74, 6) is 1.10. The van der Waals surface area contributed by atoms with Crippen LogP contribution in [0.5, 0.6) is 0 Å². The number of nitrogens with one attached hydrogen (secondary N) is 2. The second-order valence-corrected chi connectivity index (χ2v) is 7.96. The molecule has 3 amide bonds. The molecule has 7 heteroatoms. The lowest BCUT2D eigenvalue weighted by Gasteiger charge is -2.27. The van der Waals surface area contributed by atoms with Crippen molar-refractivity contribution in [3.8, 4) is 0 Å². The van der Waals surface area contributed by atoms with Gasteiger partial charge in [0.25, 0.3) is 0 Å². The van der Waals surface area contributed by atoms with Crippen LogP contribution >= 0.6 is 0 Å². The molecule has 0 aliphatic carbocycles. The Morgan fingerprint density at radius 2 is 1.80 bits per heavy atom. The number of hydrogen-bond donors (Lipinski definition) is 2. The van der Waals surface area contributed by atoms with Crippen LogP contribution in [0.3, 0.4) is 0 Å². The van der Waals surface area contributed by atoms with Gasteiger partial charge in [0.05, 0.1) is 17.9 Å². The largest absolute Gasteiger partial charge is 0.357 e. The summed E-state index contributed by atoms with van der Waals surface area (Å²) < 4.78 is 0. The maximum Gasteiger partial charge on any atom is 0.319 e. The average molecular weight is 408 g/mol. The third-order valence-electron chi connectivity index (χ3n) is 5.77. The van der Waals surface area contributed by atoms with Crippen LogP contribution in [0, 0.1) is 0 Å². The van der Waals surface area contributed by atoms with E-state index in [1.54, 1.807) is 6.20 Å². The zero-order chi connectivity index (χ0) is 20.8. The highest BCUT2D eigenvalue weighted by Gasteiger charge is 2.25. The molecule has 2 saturated heterocycles. The van der Waals surface area contributed by atoms with Gasteiger partial charge in [-0.15, -0.1) is 0 Å². The molecule has 30 heavy (non-hydrogen) atoms. The van der Waals surface area contributed by atoms with E-state index in [0.717, 1.165) is 37.4 Å². The molecule has 3 heterocycles. The molecule has 0 saturated carbocycles. The van der Waals surface area contributed by atoms with E-state index in [0.29, 0.717) is 18.7 Å². The molecular weight excluding hydrogens is 378 g/mol. The lowest BCUT2D eigenvalue weighted by atomic mass is 10.1. The van der Waals surface area contributed by atoms with Crippen LogP contribution in [-0.4, -0.2) is 48.0 Å². The average Bonchev–Trinajstić information content (AvgIpc) is 3.19. The van der Waals surface area contributed by atoms with Crippen LogP contribution in [0.2, 0.25) is 0 Å². The van der Waals surface area contributed by atoms with Crippen molar-refractivity contribution in [2.45, 2.75) is 38.1 Å². The van der Waals surface area contributed by atoms with Gasteiger partial charge in [-0.25, -0.2) is 9.78 Å². The van der Waals surface area contributed by atoms with Gasteiger partial charge >= 0.3 is 6.03 Å². The number of rotatable bonds is 6. The van der Waals surface area contributed by atoms with Crippen LogP contribution in [0.1, 0.15) is 43.7 Å². The van der Waals surface area contributed by atoms with E-state index >= 15 is 0 Å². The number of piperidine rings is 1. The molecule has 2 aliphatic rings. The topological polar surface area (TPSA) is 77.6 Å². The fourth-order valence-corrected chi connectivity index (χ4v) is 4.13. The molecule has 2 fully saturated rings. The highest BCUT2D eigenvalue weighted by Crippen LogP contribution is 2.20. The molecule has 2 aromatic rings. The Labute approximate surface area is 177 Å². The second kappa shape index (κ2) is 9.61. The van der Waals surface area contributed by atoms with Gasteiger partial charge in [0.2, 0.25) is 5.91 Å². The molecule has 0 radical (unpaired) electrons. The van der Waals surface area contributed by atoms with Crippen molar-refractivity contribution in [2.24, 2.45) is 0 Å². The van der Waals surface area contributed by atoms with Crippen molar-refractivity contribution in [1.82, 2.24) is 15.2 Å². The van der Waals surface area contributed by atoms with Crippen LogP contribution in [0.4, 0.5) is 16.3 Å². The summed E-state index contributed by atoms with van der Waals surface area (Å²) in [6.07, 6.45) is 6.84. The van der Waals surface area contributed by atoms with Crippen LogP contribution in [-0.2, 0) is 4.79 Å². The van der Waals surface area contributed by atoms with Gasteiger partial charge in [-0.2, -0.15) is 0 Å². The number of amides is 3. The fraction of sp³-hybridized carbons (Fsp3) is 0.435. The molecule has 7 nitrogen and oxygen atoms in total. The van der Waals surface area contributed by atoms with E-state index in [1.807, 2.05) is 47.4 Å². The summed E-state index contributed by atoms with van der Waals surface area (Å²) in [4.78, 5) is 33.4. The summed E-state index contributed by atoms with van der Waals surface area (Å²) in [5, 5.41) is 5.90. The maximum atomic E-state index is 12.7. The van der Waals surface area contributed by atoms with Gasteiger partial charge < -0.3 is 20.4 Å². The summed E-state index contributed by atoms with van der Waals surface area (Å²) in [6, 6.07) is 13.0. The van der Waals surface area contributed by atoms with Gasteiger partial charge in [-0.1, -0.05) is 30.3 Å². The number of hydrogen-bond acceptors (Lipinski definition) is 4. The van der Waals surface area contributed by atoms with E-state index in [9.17, 15) is 9.59 Å². The maximum absolute atomic E-state index is 12.7. The molecule has 0 unspecified atom stereocenters. The number of aromatic nitrogens is 1. The Hall–Kier alpha value is -3.09. The smallest absolute Gasteiger partial charge is 0.319 e. The highest BCUT2D eigenvalue weighted by molar-refractivity contribution is 5.89. The summed E-state index contributed by atoms with van der Waals surface area (Å²) in [7, 11) is 0. The molecular formula is C23H29N5O2. The Balaban J connectivity index is 1.39. The minimum absolute atomic E-state index is 0.149. The summed E-state index contributed by atoms with van der Waals surface area (Å²) >= 11 is 0. The first-order valence-corrected chi connectivity index (χ1v) is 10.8. The van der Waals surface area contributed by atoms with Crippen molar-refractivity contribution in [3.05, 3.63) is 54.2 Å². The number of anilines is 2. The van der Waals surface area contributed by atoms with E-state index in [2.05, 4.69) is 20.5 Å². The monoisotopic (exact) mass is 407 g/mol. The quantitative estimate of drug-likeness (QED) is 0.768. The molecule has 2 N–H and O–H groups in total. The predicted octanol–water partition coefficient (Wildman–Crippen LogP) is 3.56. The predicted molar refractivity (Wildman–Crippen MR) is 117 cm³/mol. The summed E-state index contributed by atoms with van der Waals surface area (Å²) in [5.41, 5.74) is 1.63. The first kappa shape index (κ1) is 20.2. The van der Waals surface area contributed by atoms with Crippen LogP contribution in [0.25, 0.3) is 0 Å². The molecule has 158 valence electrons. The zero-order valence-corrected chi connectivity index (χ0v) is 17.2. The van der Waals surface area contributed by atoms with Crippen molar-refractivity contribution in [2.75, 3.05) is 36.4 Å². The second-order valence-electron chi connectivity index (χ2n) is 7.96. The first-order valence-electron chi connectivity index (χ1n) is 10.8. The van der Waals surface area contributed by atoms with Crippen molar-refractivity contribution in [3.63, 3.8) is 0 Å². The van der Waals surface area contributed by atoms with Gasteiger partial charge in [0.15, 0.2) is 0 Å². The lowest BCUT2D eigenvalue weighted by molar-refractivity contribution is -0.128. The van der Waals surface area contributed by atoms with Gasteiger partial charge in [-0.3, -0.25) is 4.79 Å². The molecule has 0 bridgehead atoms. The lowest BCUT2D eigenvalue weighted by Crippen LogP contribution is -2.40. The Morgan fingerprint density at radius 3 is 2.47 bits per heavy atom. The fourth-order valence-electron chi connectivity index (χ4n) is 4.13. The van der Waals surface area contributed by atoms with Gasteiger partial charge in [0.1, 0.15) is 5.82 Å². The third-order valence-corrected chi connectivity index (χ3v) is 5.77. The molecule has 1 atom stereocenters. The van der Waals surface area contributed by atoms with Crippen LogP contribution in [0.15, 0.2) is 48.7 Å².